The largest absolute Gasteiger partial charge is 0.496 e. The standard InChI is InChI=1S/C19H24N4O2/c1-14-5-6-15(10-17(14)25-2)19(7-8-19)18(24)22-9-3-4-16(11-22)23-13-20-12-21-23/h5-6,10,12-13,16H,3-4,7-9,11H2,1-2H3/t16-/m0/s1. The van der Waals surface area contributed by atoms with Crippen LogP contribution in [0.25, 0.3) is 0 Å². The minimum Gasteiger partial charge on any atom is -0.496 e. The van der Waals surface area contributed by atoms with Gasteiger partial charge in [0.2, 0.25) is 5.91 Å². The fourth-order valence-electron chi connectivity index (χ4n) is 3.93. The third-order valence-corrected chi connectivity index (χ3v) is 5.61. The molecule has 1 saturated heterocycles. The molecule has 0 spiro atoms. The van der Waals surface area contributed by atoms with Gasteiger partial charge >= 0.3 is 0 Å². The number of methoxy groups -OCH3 is 1. The number of likely N-dealkylation sites (tertiary alicyclic amines) is 1. The Balaban J connectivity index is 1.55. The number of aryl methyl sites for hydroxylation is 1. The first-order valence-electron chi connectivity index (χ1n) is 8.93. The Hall–Kier alpha value is -2.37. The van der Waals surface area contributed by atoms with Gasteiger partial charge in [0.1, 0.15) is 18.4 Å². The first kappa shape index (κ1) is 16.1. The highest BCUT2D eigenvalue weighted by Gasteiger charge is 2.53. The average Bonchev–Trinajstić information content (AvgIpc) is 3.27. The number of carbonyl (C=O) groups is 1. The van der Waals surface area contributed by atoms with E-state index >= 15 is 0 Å². The minimum absolute atomic E-state index is 0.226. The molecule has 6 heteroatoms. The molecule has 0 unspecified atom stereocenters. The topological polar surface area (TPSA) is 60.2 Å². The van der Waals surface area contributed by atoms with Gasteiger partial charge in [-0.2, -0.15) is 5.10 Å². The van der Waals surface area contributed by atoms with Gasteiger partial charge in [-0.25, -0.2) is 9.67 Å². The molecule has 2 heterocycles. The molecule has 0 N–H and O–H groups in total. The van der Waals surface area contributed by atoms with Crippen LogP contribution in [0.15, 0.2) is 30.9 Å². The van der Waals surface area contributed by atoms with Crippen LogP contribution in [0.1, 0.15) is 42.9 Å². The van der Waals surface area contributed by atoms with E-state index in [2.05, 4.69) is 22.2 Å². The quantitative estimate of drug-likeness (QED) is 0.858. The number of nitrogens with zero attached hydrogens (tertiary/aromatic N) is 4. The van der Waals surface area contributed by atoms with Gasteiger partial charge in [-0.15, -0.1) is 0 Å². The van der Waals surface area contributed by atoms with Crippen molar-refractivity contribution in [1.29, 1.82) is 0 Å². The number of benzene rings is 1. The number of ether oxygens (including phenoxy) is 1. The molecule has 2 fully saturated rings. The average molecular weight is 340 g/mol. The summed E-state index contributed by atoms with van der Waals surface area (Å²) in [5.74, 6) is 1.11. The monoisotopic (exact) mass is 340 g/mol. The smallest absolute Gasteiger partial charge is 0.233 e. The lowest BCUT2D eigenvalue weighted by Crippen LogP contribution is -2.45. The molecule has 2 aromatic rings. The number of piperidine rings is 1. The molecule has 0 radical (unpaired) electrons. The van der Waals surface area contributed by atoms with Gasteiger partial charge in [-0.1, -0.05) is 12.1 Å². The maximum Gasteiger partial charge on any atom is 0.233 e. The van der Waals surface area contributed by atoms with E-state index < -0.39 is 0 Å². The van der Waals surface area contributed by atoms with Crippen molar-refractivity contribution in [1.82, 2.24) is 19.7 Å². The molecule has 1 aromatic carbocycles. The van der Waals surface area contributed by atoms with Crippen LogP contribution in [-0.2, 0) is 10.2 Å². The molecular weight excluding hydrogens is 316 g/mol. The maximum atomic E-state index is 13.3. The van der Waals surface area contributed by atoms with Crippen LogP contribution in [0.3, 0.4) is 0 Å². The highest BCUT2D eigenvalue weighted by molar-refractivity contribution is 5.91. The normalized spacial score (nSPS) is 21.8. The van der Waals surface area contributed by atoms with E-state index in [-0.39, 0.29) is 17.4 Å². The Bertz CT molecular complexity index is 768. The molecular formula is C19H24N4O2. The summed E-state index contributed by atoms with van der Waals surface area (Å²) in [6.45, 7) is 3.57. The predicted octanol–water partition coefficient (Wildman–Crippen LogP) is 2.49. The van der Waals surface area contributed by atoms with Crippen molar-refractivity contribution in [2.75, 3.05) is 20.2 Å². The number of amides is 1. The number of hydrogen-bond acceptors (Lipinski definition) is 4. The number of carbonyl (C=O) groups excluding carboxylic acids is 1. The highest BCUT2D eigenvalue weighted by atomic mass is 16.5. The van der Waals surface area contributed by atoms with Crippen molar-refractivity contribution >= 4 is 5.91 Å². The van der Waals surface area contributed by atoms with Crippen LogP contribution in [0, 0.1) is 6.92 Å². The summed E-state index contributed by atoms with van der Waals surface area (Å²) in [7, 11) is 1.68. The van der Waals surface area contributed by atoms with E-state index in [9.17, 15) is 4.79 Å². The maximum absolute atomic E-state index is 13.3. The third-order valence-electron chi connectivity index (χ3n) is 5.61. The van der Waals surface area contributed by atoms with Crippen molar-refractivity contribution in [2.45, 2.75) is 44.1 Å². The Morgan fingerprint density at radius 1 is 1.36 bits per heavy atom. The Morgan fingerprint density at radius 2 is 2.20 bits per heavy atom. The van der Waals surface area contributed by atoms with Gasteiger partial charge in [-0.05, 0) is 49.8 Å². The molecule has 25 heavy (non-hydrogen) atoms. The van der Waals surface area contributed by atoms with E-state index in [1.807, 2.05) is 22.6 Å². The highest BCUT2D eigenvalue weighted by Crippen LogP contribution is 2.51. The minimum atomic E-state index is -0.356. The predicted molar refractivity (Wildman–Crippen MR) is 93.5 cm³/mol. The third kappa shape index (κ3) is 2.79. The summed E-state index contributed by atoms with van der Waals surface area (Å²) < 4.78 is 7.34. The van der Waals surface area contributed by atoms with Crippen molar-refractivity contribution in [3.63, 3.8) is 0 Å². The van der Waals surface area contributed by atoms with Crippen LogP contribution in [0.4, 0.5) is 0 Å². The molecule has 1 atom stereocenters. The van der Waals surface area contributed by atoms with E-state index in [1.54, 1.807) is 19.8 Å². The lowest BCUT2D eigenvalue weighted by Gasteiger charge is -2.35. The zero-order valence-electron chi connectivity index (χ0n) is 14.8. The van der Waals surface area contributed by atoms with Gasteiger partial charge in [0.25, 0.3) is 0 Å². The molecule has 1 aliphatic carbocycles. The van der Waals surface area contributed by atoms with E-state index in [4.69, 9.17) is 4.74 Å². The summed E-state index contributed by atoms with van der Waals surface area (Å²) >= 11 is 0. The van der Waals surface area contributed by atoms with Crippen LogP contribution in [-0.4, -0.2) is 45.8 Å². The molecule has 0 bridgehead atoms. The molecule has 1 saturated carbocycles. The van der Waals surface area contributed by atoms with Gasteiger partial charge in [0.15, 0.2) is 0 Å². The fourth-order valence-corrected chi connectivity index (χ4v) is 3.93. The number of aromatic nitrogens is 3. The zero-order valence-corrected chi connectivity index (χ0v) is 14.8. The summed E-state index contributed by atoms with van der Waals surface area (Å²) in [5, 5.41) is 4.25. The van der Waals surface area contributed by atoms with Crippen molar-refractivity contribution in [3.8, 4) is 5.75 Å². The van der Waals surface area contributed by atoms with Crippen LogP contribution >= 0.6 is 0 Å². The van der Waals surface area contributed by atoms with E-state index in [1.165, 1.54) is 0 Å². The second-order valence-corrected chi connectivity index (χ2v) is 7.19. The molecule has 1 aliphatic heterocycles. The summed E-state index contributed by atoms with van der Waals surface area (Å²) in [4.78, 5) is 19.4. The SMILES string of the molecule is COc1cc(C2(C(=O)N3CCC[C@H](n4cncn4)C3)CC2)ccc1C. The van der Waals surface area contributed by atoms with Crippen LogP contribution in [0.2, 0.25) is 0 Å². The second kappa shape index (κ2) is 6.17. The molecule has 6 nitrogen and oxygen atoms in total. The summed E-state index contributed by atoms with van der Waals surface area (Å²) in [6, 6.07) is 6.40. The lowest BCUT2D eigenvalue weighted by atomic mass is 9.92. The fraction of sp³-hybridized carbons (Fsp3) is 0.526. The molecule has 1 aromatic heterocycles. The number of rotatable bonds is 4. The molecule has 4 rings (SSSR count). The molecule has 1 amide bonds. The second-order valence-electron chi connectivity index (χ2n) is 7.19. The van der Waals surface area contributed by atoms with E-state index in [0.717, 1.165) is 49.1 Å². The van der Waals surface area contributed by atoms with Gasteiger partial charge in [-0.3, -0.25) is 4.79 Å². The van der Waals surface area contributed by atoms with Gasteiger partial charge < -0.3 is 9.64 Å². The summed E-state index contributed by atoms with van der Waals surface area (Å²) in [6.07, 6.45) is 7.19. The Morgan fingerprint density at radius 3 is 2.88 bits per heavy atom. The van der Waals surface area contributed by atoms with Crippen molar-refractivity contribution in [3.05, 3.63) is 42.0 Å². The van der Waals surface area contributed by atoms with Gasteiger partial charge in [0.05, 0.1) is 18.6 Å². The van der Waals surface area contributed by atoms with Gasteiger partial charge in [0, 0.05) is 13.1 Å². The van der Waals surface area contributed by atoms with Crippen molar-refractivity contribution in [2.24, 2.45) is 0 Å². The Kier molecular flexibility index (Phi) is 3.98. The molecule has 132 valence electrons. The van der Waals surface area contributed by atoms with E-state index in [0.29, 0.717) is 6.54 Å². The molecule has 2 aliphatic rings. The van der Waals surface area contributed by atoms with Crippen molar-refractivity contribution < 1.29 is 9.53 Å². The lowest BCUT2D eigenvalue weighted by molar-refractivity contribution is -0.135. The first-order chi connectivity index (χ1) is 12.1. The van der Waals surface area contributed by atoms with Crippen LogP contribution < -0.4 is 4.74 Å². The zero-order chi connectivity index (χ0) is 17.4. The summed E-state index contributed by atoms with van der Waals surface area (Å²) in [5.41, 5.74) is 1.83. The number of hydrogen-bond donors (Lipinski definition) is 0. The van der Waals surface area contributed by atoms with Crippen LogP contribution in [0.5, 0.6) is 5.75 Å². The first-order valence-corrected chi connectivity index (χ1v) is 8.93. The Labute approximate surface area is 147 Å².